The molecule has 2 fully saturated rings. The molecule has 0 aromatic carbocycles. The van der Waals surface area contributed by atoms with E-state index in [0.717, 1.165) is 23.3 Å². The van der Waals surface area contributed by atoms with Crippen LogP contribution in [0.4, 0.5) is 0 Å². The minimum Gasteiger partial charge on any atom is -0.321 e. The molecule has 0 spiro atoms. The van der Waals surface area contributed by atoms with Gasteiger partial charge in [-0.25, -0.2) is 0 Å². The lowest BCUT2D eigenvalue weighted by molar-refractivity contribution is 0.346. The third-order valence-corrected chi connectivity index (χ3v) is 10.3. The monoisotopic (exact) mass is 276 g/mol. The molecule has 1 heterocycles. The van der Waals surface area contributed by atoms with Crippen molar-refractivity contribution in [2.24, 2.45) is 17.8 Å². The zero-order chi connectivity index (χ0) is 13.5. The van der Waals surface area contributed by atoms with Crippen molar-refractivity contribution in [2.45, 2.75) is 32.0 Å². The molecule has 4 atom stereocenters. The molecule has 3 unspecified atom stereocenters. The van der Waals surface area contributed by atoms with E-state index in [4.69, 9.17) is 0 Å². The highest BCUT2D eigenvalue weighted by Gasteiger charge is 2.49. The van der Waals surface area contributed by atoms with Crippen molar-refractivity contribution >= 4 is 8.24 Å². The number of piperazine rings is 1. The van der Waals surface area contributed by atoms with Gasteiger partial charge in [0.05, 0.1) is 0 Å². The summed E-state index contributed by atoms with van der Waals surface area (Å²) < 4.78 is 2.86. The van der Waals surface area contributed by atoms with Crippen LogP contribution in [-0.2, 0) is 0 Å². The zero-order valence-corrected chi connectivity index (χ0v) is 13.6. The van der Waals surface area contributed by atoms with Gasteiger partial charge in [-0.1, -0.05) is 44.3 Å². The Hall–Kier alpha value is -0.383. The maximum atomic E-state index is 3.50. The Balaban J connectivity index is 1.80. The van der Waals surface area contributed by atoms with E-state index in [2.05, 4.69) is 54.2 Å². The molecular weight excluding hydrogens is 248 g/mol. The van der Waals surface area contributed by atoms with Crippen LogP contribution in [0.15, 0.2) is 24.3 Å². The summed E-state index contributed by atoms with van der Waals surface area (Å²) in [5.74, 6) is 2.49. The van der Waals surface area contributed by atoms with Crippen LogP contribution in [-0.4, -0.2) is 39.0 Å². The Bertz CT molecular complexity index is 382. The summed E-state index contributed by atoms with van der Waals surface area (Å²) in [5.41, 5.74) is 0.937. The maximum absolute atomic E-state index is 3.50. The molecular formula is C16H28N2Si. The highest BCUT2D eigenvalue weighted by atomic mass is 28.3. The molecule has 0 bridgehead atoms. The van der Waals surface area contributed by atoms with Crippen LogP contribution in [0, 0.1) is 17.8 Å². The lowest BCUT2D eigenvalue weighted by Crippen LogP contribution is -2.59. The summed E-state index contributed by atoms with van der Waals surface area (Å²) in [4.78, 5) is 0. The third-order valence-electron chi connectivity index (χ3n) is 5.81. The van der Waals surface area contributed by atoms with Crippen molar-refractivity contribution in [1.29, 1.82) is 0 Å². The van der Waals surface area contributed by atoms with E-state index < -0.39 is 8.24 Å². The average Bonchev–Trinajstić information content (AvgIpc) is 2.79. The summed E-state index contributed by atoms with van der Waals surface area (Å²) in [5, 5.41) is 3.50. The summed E-state index contributed by atoms with van der Waals surface area (Å²) in [6.45, 7) is 12.6. The molecule has 0 radical (unpaired) electrons. The quantitative estimate of drug-likeness (QED) is 0.780. The molecule has 0 amide bonds. The number of nitrogens with zero attached hydrogens (tertiary/aromatic N) is 1. The van der Waals surface area contributed by atoms with Crippen molar-refractivity contribution in [2.75, 3.05) is 26.2 Å². The largest absolute Gasteiger partial charge is 0.321 e. The first kappa shape index (κ1) is 13.6. The predicted octanol–water partition coefficient (Wildman–Crippen LogP) is 2.87. The number of fused-ring (bicyclic) bond motifs is 1. The van der Waals surface area contributed by atoms with Crippen molar-refractivity contribution in [3.8, 4) is 0 Å². The average molecular weight is 276 g/mol. The lowest BCUT2D eigenvalue weighted by atomic mass is 9.87. The molecule has 1 saturated heterocycles. The Labute approximate surface area is 119 Å². The highest BCUT2D eigenvalue weighted by molar-refractivity contribution is 6.76. The summed E-state index contributed by atoms with van der Waals surface area (Å²) in [6.07, 6.45) is 11.0. The smallest absolute Gasteiger partial charge is 0.126 e. The van der Waals surface area contributed by atoms with Gasteiger partial charge in [-0.15, -0.1) is 0 Å². The van der Waals surface area contributed by atoms with Crippen LogP contribution in [0.3, 0.4) is 0 Å². The molecule has 0 aromatic rings. The van der Waals surface area contributed by atoms with Gasteiger partial charge in [0.15, 0.2) is 0 Å². The SMILES string of the molecule is C[C@H]1CC([Si](C)(C)N2CCNCC2)C2C=CC=CC21. The normalized spacial score (nSPS) is 39.5. The molecule has 1 N–H and O–H groups in total. The van der Waals surface area contributed by atoms with Crippen LogP contribution in [0.25, 0.3) is 0 Å². The molecule has 3 rings (SSSR count). The molecule has 1 saturated carbocycles. The number of nitrogens with one attached hydrogen (secondary N) is 1. The molecule has 19 heavy (non-hydrogen) atoms. The maximum Gasteiger partial charge on any atom is 0.126 e. The van der Waals surface area contributed by atoms with Gasteiger partial charge in [0.2, 0.25) is 0 Å². The first-order valence-corrected chi connectivity index (χ1v) is 10.9. The van der Waals surface area contributed by atoms with Gasteiger partial charge in [-0.2, -0.15) is 0 Å². The molecule has 3 aliphatic rings. The summed E-state index contributed by atoms with van der Waals surface area (Å²) in [6, 6.07) is 0. The van der Waals surface area contributed by atoms with E-state index in [1.807, 2.05) is 0 Å². The third kappa shape index (κ3) is 2.37. The minimum absolute atomic E-state index is 0.810. The first-order valence-electron chi connectivity index (χ1n) is 7.91. The van der Waals surface area contributed by atoms with Crippen molar-refractivity contribution < 1.29 is 0 Å². The molecule has 3 heteroatoms. The second-order valence-corrected chi connectivity index (χ2v) is 11.8. The van der Waals surface area contributed by atoms with Crippen LogP contribution in [0.2, 0.25) is 18.6 Å². The van der Waals surface area contributed by atoms with Gasteiger partial charge in [-0.05, 0) is 29.7 Å². The van der Waals surface area contributed by atoms with Crippen LogP contribution in [0.5, 0.6) is 0 Å². The second kappa shape index (κ2) is 5.19. The van der Waals surface area contributed by atoms with Crippen molar-refractivity contribution in [3.63, 3.8) is 0 Å². The fourth-order valence-electron chi connectivity index (χ4n) is 4.56. The van der Waals surface area contributed by atoms with E-state index in [9.17, 15) is 0 Å². The Morgan fingerprint density at radius 3 is 2.37 bits per heavy atom. The Morgan fingerprint density at radius 2 is 1.68 bits per heavy atom. The van der Waals surface area contributed by atoms with Gasteiger partial charge in [0, 0.05) is 26.2 Å². The predicted molar refractivity (Wildman–Crippen MR) is 84.7 cm³/mol. The van der Waals surface area contributed by atoms with Crippen molar-refractivity contribution in [1.82, 2.24) is 9.88 Å². The number of hydrogen-bond acceptors (Lipinski definition) is 2. The van der Waals surface area contributed by atoms with Gasteiger partial charge in [0.25, 0.3) is 0 Å². The van der Waals surface area contributed by atoms with Gasteiger partial charge < -0.3 is 9.88 Å². The van der Waals surface area contributed by atoms with E-state index in [-0.39, 0.29) is 0 Å². The highest BCUT2D eigenvalue weighted by Crippen LogP contribution is 2.52. The first-order chi connectivity index (χ1) is 9.10. The van der Waals surface area contributed by atoms with Gasteiger partial charge in [0.1, 0.15) is 8.24 Å². The number of hydrogen-bond donors (Lipinski definition) is 1. The van der Waals surface area contributed by atoms with E-state index in [1.54, 1.807) is 0 Å². The van der Waals surface area contributed by atoms with E-state index in [1.165, 1.54) is 32.6 Å². The standard InChI is InChI=1S/C16H28N2Si/c1-13-12-16(15-7-5-4-6-14(13)15)19(2,3)18-10-8-17-9-11-18/h4-7,13-17H,8-12H2,1-3H3/t13-,14?,15?,16?/m0/s1. The topological polar surface area (TPSA) is 15.3 Å². The molecule has 1 aliphatic heterocycles. The number of allylic oxidation sites excluding steroid dienone is 4. The molecule has 2 aliphatic carbocycles. The number of rotatable bonds is 2. The van der Waals surface area contributed by atoms with Crippen LogP contribution < -0.4 is 5.32 Å². The van der Waals surface area contributed by atoms with E-state index in [0.29, 0.717) is 0 Å². The second-order valence-electron chi connectivity index (χ2n) is 7.13. The van der Waals surface area contributed by atoms with E-state index >= 15 is 0 Å². The fourth-order valence-corrected chi connectivity index (χ4v) is 8.63. The van der Waals surface area contributed by atoms with Gasteiger partial charge in [-0.3, -0.25) is 0 Å². The lowest BCUT2D eigenvalue weighted by Gasteiger charge is -2.45. The van der Waals surface area contributed by atoms with Gasteiger partial charge >= 0.3 is 0 Å². The van der Waals surface area contributed by atoms with Crippen LogP contribution >= 0.6 is 0 Å². The zero-order valence-electron chi connectivity index (χ0n) is 12.6. The summed E-state index contributed by atoms with van der Waals surface area (Å²) in [7, 11) is -1.31. The van der Waals surface area contributed by atoms with Crippen molar-refractivity contribution in [3.05, 3.63) is 24.3 Å². The summed E-state index contributed by atoms with van der Waals surface area (Å²) >= 11 is 0. The minimum atomic E-state index is -1.31. The Kier molecular flexibility index (Phi) is 3.71. The fraction of sp³-hybridized carbons (Fsp3) is 0.750. The Morgan fingerprint density at radius 1 is 1.05 bits per heavy atom. The molecule has 0 aromatic heterocycles. The molecule has 2 nitrogen and oxygen atoms in total. The van der Waals surface area contributed by atoms with Crippen LogP contribution in [0.1, 0.15) is 13.3 Å². The molecule has 106 valence electrons.